The first-order valence-corrected chi connectivity index (χ1v) is 6.65. The number of amides is 2. The van der Waals surface area contributed by atoms with Crippen molar-refractivity contribution in [2.24, 2.45) is 7.05 Å². The molecule has 6 nitrogen and oxygen atoms in total. The van der Waals surface area contributed by atoms with Crippen LogP contribution in [0.1, 0.15) is 31.7 Å². The molecule has 1 unspecified atom stereocenters. The summed E-state index contributed by atoms with van der Waals surface area (Å²) in [5.41, 5.74) is 1.95. The summed E-state index contributed by atoms with van der Waals surface area (Å²) in [5.74, 6) is -0.106. The van der Waals surface area contributed by atoms with Gasteiger partial charge < -0.3 is 10.2 Å². The number of rotatable bonds is 4. The fourth-order valence-corrected chi connectivity index (χ4v) is 2.27. The minimum atomic E-state index is -0.389. The lowest BCUT2D eigenvalue weighted by Gasteiger charge is -2.31. The topological polar surface area (TPSA) is 67.2 Å². The van der Waals surface area contributed by atoms with Crippen LogP contribution in [0.25, 0.3) is 0 Å². The summed E-state index contributed by atoms with van der Waals surface area (Å²) in [5, 5.41) is 7.07. The smallest absolute Gasteiger partial charge is 0.245 e. The van der Waals surface area contributed by atoms with E-state index in [9.17, 15) is 9.59 Å². The summed E-state index contributed by atoms with van der Waals surface area (Å²) in [7, 11) is 1.86. The van der Waals surface area contributed by atoms with E-state index >= 15 is 0 Å². The van der Waals surface area contributed by atoms with E-state index in [0.29, 0.717) is 13.0 Å². The van der Waals surface area contributed by atoms with Crippen LogP contribution in [0, 0.1) is 0 Å². The van der Waals surface area contributed by atoms with Crippen LogP contribution in [0.3, 0.4) is 0 Å². The minimum absolute atomic E-state index is 0.0126. The zero-order valence-electron chi connectivity index (χ0n) is 11.6. The number of carbonyl (C=O) groups is 2. The summed E-state index contributed by atoms with van der Waals surface area (Å²) >= 11 is 0. The summed E-state index contributed by atoms with van der Waals surface area (Å²) in [6.45, 7) is 4.50. The molecule has 0 aliphatic carbocycles. The third kappa shape index (κ3) is 2.77. The molecule has 104 valence electrons. The van der Waals surface area contributed by atoms with Gasteiger partial charge in [-0.05, 0) is 18.9 Å². The van der Waals surface area contributed by atoms with Gasteiger partial charge in [-0.3, -0.25) is 14.3 Å². The monoisotopic (exact) mass is 264 g/mol. The van der Waals surface area contributed by atoms with Gasteiger partial charge in [0.25, 0.3) is 0 Å². The molecule has 0 aromatic carbocycles. The zero-order valence-corrected chi connectivity index (χ0v) is 11.6. The van der Waals surface area contributed by atoms with Crippen molar-refractivity contribution >= 4 is 11.8 Å². The number of nitrogens with zero attached hydrogens (tertiary/aromatic N) is 3. The maximum Gasteiger partial charge on any atom is 0.245 e. The quantitative estimate of drug-likeness (QED) is 0.846. The van der Waals surface area contributed by atoms with Crippen LogP contribution in [0.4, 0.5) is 0 Å². The Balaban J connectivity index is 2.14. The average Bonchev–Trinajstić information content (AvgIpc) is 2.74. The van der Waals surface area contributed by atoms with Crippen LogP contribution in [0.2, 0.25) is 0 Å². The third-order valence-corrected chi connectivity index (χ3v) is 3.43. The summed E-state index contributed by atoms with van der Waals surface area (Å²) in [6, 6.07) is 1.60. The maximum atomic E-state index is 12.2. The molecule has 1 aliphatic rings. The van der Waals surface area contributed by atoms with E-state index in [-0.39, 0.29) is 24.4 Å². The molecule has 1 atom stereocenters. The van der Waals surface area contributed by atoms with Crippen molar-refractivity contribution in [3.8, 4) is 0 Å². The lowest BCUT2D eigenvalue weighted by molar-refractivity contribution is -0.145. The summed E-state index contributed by atoms with van der Waals surface area (Å²) in [4.78, 5) is 25.4. The molecule has 0 bridgehead atoms. The number of piperazine rings is 1. The van der Waals surface area contributed by atoms with Crippen molar-refractivity contribution < 1.29 is 9.59 Å². The summed E-state index contributed by atoms with van der Waals surface area (Å²) < 4.78 is 1.78. The lowest BCUT2D eigenvalue weighted by Crippen LogP contribution is -2.57. The Hall–Kier alpha value is -1.85. The van der Waals surface area contributed by atoms with E-state index in [0.717, 1.165) is 17.8 Å². The van der Waals surface area contributed by atoms with Gasteiger partial charge in [0.15, 0.2) is 0 Å². The predicted octanol–water partition coefficient (Wildman–Crippen LogP) is 0.219. The molecular weight excluding hydrogens is 244 g/mol. The highest BCUT2D eigenvalue weighted by Gasteiger charge is 2.31. The van der Waals surface area contributed by atoms with Gasteiger partial charge in [-0.2, -0.15) is 5.10 Å². The van der Waals surface area contributed by atoms with Crippen molar-refractivity contribution in [1.29, 1.82) is 0 Å². The second-order valence-electron chi connectivity index (χ2n) is 4.83. The van der Waals surface area contributed by atoms with Crippen molar-refractivity contribution in [2.45, 2.75) is 39.3 Å². The first-order chi connectivity index (χ1) is 9.05. The third-order valence-electron chi connectivity index (χ3n) is 3.43. The van der Waals surface area contributed by atoms with Crippen molar-refractivity contribution in [3.05, 3.63) is 17.5 Å². The molecule has 1 aliphatic heterocycles. The number of aromatic nitrogens is 2. The van der Waals surface area contributed by atoms with Crippen LogP contribution >= 0.6 is 0 Å². The largest absolute Gasteiger partial charge is 0.343 e. The van der Waals surface area contributed by atoms with Gasteiger partial charge in [0, 0.05) is 7.05 Å². The molecule has 2 heterocycles. The van der Waals surface area contributed by atoms with Gasteiger partial charge in [0.05, 0.1) is 17.9 Å². The van der Waals surface area contributed by atoms with Gasteiger partial charge >= 0.3 is 0 Å². The fraction of sp³-hybridized carbons (Fsp3) is 0.615. The van der Waals surface area contributed by atoms with Crippen LogP contribution < -0.4 is 5.32 Å². The van der Waals surface area contributed by atoms with Crippen LogP contribution in [0.15, 0.2) is 6.07 Å². The van der Waals surface area contributed by atoms with Gasteiger partial charge in [-0.15, -0.1) is 0 Å². The normalized spacial score (nSPS) is 19.7. The van der Waals surface area contributed by atoms with E-state index in [2.05, 4.69) is 10.4 Å². The number of hydrogen-bond acceptors (Lipinski definition) is 3. The molecule has 6 heteroatoms. The fourth-order valence-electron chi connectivity index (χ4n) is 2.27. The second kappa shape index (κ2) is 5.42. The van der Waals surface area contributed by atoms with Gasteiger partial charge in [0.2, 0.25) is 11.8 Å². The van der Waals surface area contributed by atoms with Crippen LogP contribution in [-0.2, 0) is 29.6 Å². The zero-order chi connectivity index (χ0) is 14.0. The molecule has 0 spiro atoms. The highest BCUT2D eigenvalue weighted by Crippen LogP contribution is 2.12. The van der Waals surface area contributed by atoms with Crippen molar-refractivity contribution in [3.63, 3.8) is 0 Å². The Bertz CT molecular complexity index is 495. The molecule has 2 amide bonds. The Morgan fingerprint density at radius 1 is 1.42 bits per heavy atom. The Labute approximate surface area is 112 Å². The molecule has 1 fully saturated rings. The van der Waals surface area contributed by atoms with Crippen molar-refractivity contribution in [1.82, 2.24) is 20.0 Å². The Kier molecular flexibility index (Phi) is 3.87. The SMILES string of the molecule is CCc1cc(CN2CC(=O)NC(CC)C2=O)n(C)n1. The van der Waals surface area contributed by atoms with E-state index in [1.807, 2.05) is 27.0 Å². The van der Waals surface area contributed by atoms with Gasteiger partial charge in [0.1, 0.15) is 12.6 Å². The average molecular weight is 264 g/mol. The van der Waals surface area contributed by atoms with Gasteiger partial charge in [-0.25, -0.2) is 0 Å². The molecule has 1 aromatic rings. The Morgan fingerprint density at radius 3 is 2.74 bits per heavy atom. The standard InChI is InChI=1S/C13H20N4O2/c1-4-9-6-10(16(3)15-9)7-17-8-12(18)14-11(5-2)13(17)19/h6,11H,4-5,7-8H2,1-3H3,(H,14,18). The number of hydrogen-bond donors (Lipinski definition) is 1. The maximum absolute atomic E-state index is 12.2. The lowest BCUT2D eigenvalue weighted by atomic mass is 10.1. The molecule has 0 radical (unpaired) electrons. The summed E-state index contributed by atoms with van der Waals surface area (Å²) in [6.07, 6.45) is 1.48. The molecule has 1 saturated heterocycles. The minimum Gasteiger partial charge on any atom is -0.343 e. The predicted molar refractivity (Wildman–Crippen MR) is 70.2 cm³/mol. The van der Waals surface area contributed by atoms with Crippen LogP contribution in [0.5, 0.6) is 0 Å². The molecule has 1 aromatic heterocycles. The number of aryl methyl sites for hydroxylation is 2. The number of carbonyl (C=O) groups excluding carboxylic acids is 2. The van der Waals surface area contributed by atoms with Crippen LogP contribution in [-0.4, -0.2) is 39.1 Å². The van der Waals surface area contributed by atoms with Crippen molar-refractivity contribution in [2.75, 3.05) is 6.54 Å². The molecule has 2 rings (SSSR count). The molecule has 19 heavy (non-hydrogen) atoms. The molecule has 0 saturated carbocycles. The highest BCUT2D eigenvalue weighted by atomic mass is 16.2. The van der Waals surface area contributed by atoms with E-state index in [1.54, 1.807) is 9.58 Å². The Morgan fingerprint density at radius 2 is 2.16 bits per heavy atom. The molecular formula is C13H20N4O2. The van der Waals surface area contributed by atoms with Gasteiger partial charge in [-0.1, -0.05) is 13.8 Å². The number of nitrogens with one attached hydrogen (secondary N) is 1. The van der Waals surface area contributed by atoms with E-state index in [4.69, 9.17) is 0 Å². The second-order valence-corrected chi connectivity index (χ2v) is 4.83. The molecule has 1 N–H and O–H groups in total. The first-order valence-electron chi connectivity index (χ1n) is 6.65. The first kappa shape index (κ1) is 13.6. The van der Waals surface area contributed by atoms with E-state index < -0.39 is 0 Å². The van der Waals surface area contributed by atoms with E-state index in [1.165, 1.54) is 0 Å². The highest BCUT2D eigenvalue weighted by molar-refractivity contribution is 5.94.